The van der Waals surface area contributed by atoms with Crippen LogP contribution in [0, 0.1) is 0 Å². The largest absolute Gasteiger partial charge is 0.443 e. The highest BCUT2D eigenvalue weighted by molar-refractivity contribution is 5.87. The number of nitrogens with zero attached hydrogens (tertiary/aromatic N) is 1. The van der Waals surface area contributed by atoms with Crippen LogP contribution < -0.4 is 10.2 Å². The van der Waals surface area contributed by atoms with Crippen molar-refractivity contribution in [3.8, 4) is 0 Å². The molecular weight excluding hydrogens is 216 g/mol. The predicted molar refractivity (Wildman–Crippen MR) is 70.6 cm³/mol. The molecule has 0 aliphatic rings. The lowest BCUT2D eigenvalue weighted by molar-refractivity contribution is 0.0589. The summed E-state index contributed by atoms with van der Waals surface area (Å²) in [7, 11) is 3.55. The summed E-state index contributed by atoms with van der Waals surface area (Å²) in [6, 6.07) is 7.57. The van der Waals surface area contributed by atoms with Crippen molar-refractivity contribution >= 4 is 17.5 Å². The van der Waals surface area contributed by atoms with Gasteiger partial charge in [0.15, 0.2) is 0 Å². The van der Waals surface area contributed by atoms with E-state index >= 15 is 0 Å². The summed E-state index contributed by atoms with van der Waals surface area (Å²) in [5.74, 6) is 0. The highest BCUT2D eigenvalue weighted by atomic mass is 16.6. The third-order valence-electron chi connectivity index (χ3n) is 2.21. The van der Waals surface area contributed by atoms with E-state index in [0.29, 0.717) is 0 Å². The van der Waals surface area contributed by atoms with Crippen molar-refractivity contribution in [2.45, 2.75) is 26.4 Å². The molecule has 1 aromatic carbocycles. The van der Waals surface area contributed by atoms with Gasteiger partial charge in [-0.25, -0.2) is 4.79 Å². The summed E-state index contributed by atoms with van der Waals surface area (Å²) in [5, 5.41) is 3.03. The molecule has 17 heavy (non-hydrogen) atoms. The average molecular weight is 236 g/mol. The van der Waals surface area contributed by atoms with Crippen molar-refractivity contribution in [1.29, 1.82) is 0 Å². The van der Waals surface area contributed by atoms with Gasteiger partial charge in [0.2, 0.25) is 0 Å². The Hall–Kier alpha value is -1.71. The molecule has 0 spiro atoms. The van der Waals surface area contributed by atoms with Crippen molar-refractivity contribution in [1.82, 2.24) is 0 Å². The van der Waals surface area contributed by atoms with Gasteiger partial charge in [0.05, 0.1) is 0 Å². The molecule has 0 bridgehead atoms. The molecule has 94 valence electrons. The smallest absolute Gasteiger partial charge is 0.414 e. The zero-order valence-electron chi connectivity index (χ0n) is 11.1. The van der Waals surface area contributed by atoms with Gasteiger partial charge >= 0.3 is 6.09 Å². The van der Waals surface area contributed by atoms with E-state index in [0.717, 1.165) is 11.4 Å². The van der Waals surface area contributed by atoms with Crippen molar-refractivity contribution in [3.05, 3.63) is 24.3 Å². The average Bonchev–Trinajstić information content (AvgIpc) is 2.26. The molecular formula is C13H20N2O2. The molecule has 0 aromatic heterocycles. The molecule has 1 amide bonds. The number of amides is 1. The van der Waals surface area contributed by atoms with E-state index in [9.17, 15) is 4.79 Å². The molecule has 0 aliphatic carbocycles. The lowest BCUT2D eigenvalue weighted by atomic mass is 10.2. The molecule has 4 heteroatoms. The van der Waals surface area contributed by atoms with Crippen LogP contribution in [0.1, 0.15) is 20.8 Å². The quantitative estimate of drug-likeness (QED) is 0.857. The lowest BCUT2D eigenvalue weighted by Crippen LogP contribution is -2.34. The number of carbonyl (C=O) groups excluding carboxylic acids is 1. The number of benzene rings is 1. The third kappa shape index (κ3) is 3.98. The maximum Gasteiger partial charge on any atom is 0.414 e. The molecule has 1 rings (SSSR count). The molecule has 4 nitrogen and oxygen atoms in total. The Morgan fingerprint density at radius 3 is 2.18 bits per heavy atom. The zero-order chi connectivity index (χ0) is 13.1. The summed E-state index contributed by atoms with van der Waals surface area (Å²) in [6.45, 7) is 5.55. The molecule has 0 saturated carbocycles. The highest BCUT2D eigenvalue weighted by Gasteiger charge is 2.20. The topological polar surface area (TPSA) is 41.6 Å². The predicted octanol–water partition coefficient (Wildman–Crippen LogP) is 3.10. The molecule has 0 radical (unpaired) electrons. The van der Waals surface area contributed by atoms with Crippen molar-refractivity contribution < 1.29 is 9.53 Å². The fourth-order valence-corrected chi connectivity index (χ4v) is 1.29. The monoisotopic (exact) mass is 236 g/mol. The minimum Gasteiger partial charge on any atom is -0.443 e. The van der Waals surface area contributed by atoms with Gasteiger partial charge < -0.3 is 10.1 Å². The molecule has 1 N–H and O–H groups in total. The first-order valence-corrected chi connectivity index (χ1v) is 5.58. The van der Waals surface area contributed by atoms with Crippen molar-refractivity contribution in [2.75, 3.05) is 24.3 Å². The van der Waals surface area contributed by atoms with E-state index in [2.05, 4.69) is 5.32 Å². The Bertz CT molecular complexity index is 379. The van der Waals surface area contributed by atoms with Crippen LogP contribution in [0.2, 0.25) is 0 Å². The first kappa shape index (κ1) is 13.4. The summed E-state index contributed by atoms with van der Waals surface area (Å²) in [6.07, 6.45) is -0.352. The lowest BCUT2D eigenvalue weighted by Gasteiger charge is -2.24. The van der Waals surface area contributed by atoms with Gasteiger partial charge in [0, 0.05) is 25.5 Å². The van der Waals surface area contributed by atoms with Gasteiger partial charge in [-0.3, -0.25) is 4.90 Å². The van der Waals surface area contributed by atoms with Gasteiger partial charge in [0.25, 0.3) is 0 Å². The van der Waals surface area contributed by atoms with Gasteiger partial charge in [0.1, 0.15) is 5.60 Å². The van der Waals surface area contributed by atoms with Crippen LogP contribution in [0.15, 0.2) is 24.3 Å². The van der Waals surface area contributed by atoms with Gasteiger partial charge in [-0.2, -0.15) is 0 Å². The molecule has 0 atom stereocenters. The highest BCUT2D eigenvalue weighted by Crippen LogP contribution is 2.18. The number of rotatable bonds is 2. The second-order valence-corrected chi connectivity index (χ2v) is 4.84. The number of anilines is 2. The Morgan fingerprint density at radius 2 is 1.76 bits per heavy atom. The Morgan fingerprint density at radius 1 is 1.24 bits per heavy atom. The Balaban J connectivity index is 2.74. The normalized spacial score (nSPS) is 10.9. The fourth-order valence-electron chi connectivity index (χ4n) is 1.29. The second-order valence-electron chi connectivity index (χ2n) is 4.84. The second kappa shape index (κ2) is 5.08. The first-order valence-electron chi connectivity index (χ1n) is 5.58. The molecule has 0 fully saturated rings. The maximum atomic E-state index is 11.8. The summed E-state index contributed by atoms with van der Waals surface area (Å²) in [4.78, 5) is 13.3. The minimum absolute atomic E-state index is 0.352. The fraction of sp³-hybridized carbons (Fsp3) is 0.462. The Kier molecular flexibility index (Phi) is 3.99. The Labute approximate surface area is 103 Å². The van der Waals surface area contributed by atoms with E-state index in [1.165, 1.54) is 4.90 Å². The number of hydrogen-bond acceptors (Lipinski definition) is 3. The number of carbonyl (C=O) groups is 1. The standard InChI is InChI=1S/C13H20N2O2/c1-13(2,3)17-12(16)15(5)11-8-6-10(14-4)7-9-11/h6-9,14H,1-5H3. The van der Waals surface area contributed by atoms with Crippen LogP contribution in [0.3, 0.4) is 0 Å². The van der Waals surface area contributed by atoms with E-state index in [1.54, 1.807) is 7.05 Å². The van der Waals surface area contributed by atoms with E-state index in [-0.39, 0.29) is 6.09 Å². The first-order chi connectivity index (χ1) is 7.83. The van der Waals surface area contributed by atoms with Gasteiger partial charge in [-0.1, -0.05) is 0 Å². The maximum absolute atomic E-state index is 11.8. The minimum atomic E-state index is -0.476. The molecule has 0 unspecified atom stereocenters. The van der Waals surface area contributed by atoms with Crippen LogP contribution in [0.25, 0.3) is 0 Å². The van der Waals surface area contributed by atoms with Crippen LogP contribution in [-0.2, 0) is 4.74 Å². The summed E-state index contributed by atoms with van der Waals surface area (Å²) in [5.41, 5.74) is 1.33. The molecule has 0 aliphatic heterocycles. The summed E-state index contributed by atoms with van der Waals surface area (Å²) >= 11 is 0. The van der Waals surface area contributed by atoms with Crippen molar-refractivity contribution in [2.24, 2.45) is 0 Å². The summed E-state index contributed by atoms with van der Waals surface area (Å²) < 4.78 is 5.28. The van der Waals surface area contributed by atoms with Gasteiger partial charge in [-0.05, 0) is 45.0 Å². The van der Waals surface area contributed by atoms with E-state index in [4.69, 9.17) is 4.74 Å². The number of ether oxygens (including phenoxy) is 1. The van der Waals surface area contributed by atoms with Crippen LogP contribution in [-0.4, -0.2) is 25.8 Å². The van der Waals surface area contributed by atoms with Crippen LogP contribution in [0.4, 0.5) is 16.2 Å². The number of nitrogens with one attached hydrogen (secondary N) is 1. The van der Waals surface area contributed by atoms with Crippen LogP contribution in [0.5, 0.6) is 0 Å². The zero-order valence-corrected chi connectivity index (χ0v) is 11.1. The molecule has 0 heterocycles. The number of hydrogen-bond donors (Lipinski definition) is 1. The van der Waals surface area contributed by atoms with E-state index in [1.807, 2.05) is 52.1 Å². The van der Waals surface area contributed by atoms with E-state index < -0.39 is 5.60 Å². The third-order valence-corrected chi connectivity index (χ3v) is 2.21. The van der Waals surface area contributed by atoms with Crippen LogP contribution >= 0.6 is 0 Å². The van der Waals surface area contributed by atoms with Crippen molar-refractivity contribution in [3.63, 3.8) is 0 Å². The molecule has 1 aromatic rings. The SMILES string of the molecule is CNc1ccc(N(C)C(=O)OC(C)(C)C)cc1. The van der Waals surface area contributed by atoms with Gasteiger partial charge in [-0.15, -0.1) is 0 Å². The molecule has 0 saturated heterocycles.